The zero-order valence-electron chi connectivity index (χ0n) is 17.0. The number of amides is 1. The van der Waals surface area contributed by atoms with Crippen molar-refractivity contribution >= 4 is 17.4 Å². The molecule has 1 N–H and O–H groups in total. The number of carbonyl (C=O) groups excluding carboxylic acids is 1. The second kappa shape index (κ2) is 8.86. The van der Waals surface area contributed by atoms with Gasteiger partial charge < -0.3 is 24.1 Å². The number of piperidine rings is 1. The average Bonchev–Trinajstić information content (AvgIpc) is 3.34. The molecule has 3 aromatic rings. The van der Waals surface area contributed by atoms with E-state index in [1.54, 1.807) is 38.7 Å². The lowest BCUT2D eigenvalue weighted by atomic mass is 9.95. The summed E-state index contributed by atoms with van der Waals surface area (Å²) in [6.07, 6.45) is 3.08. The first-order valence-electron chi connectivity index (χ1n) is 9.83. The van der Waals surface area contributed by atoms with Crippen molar-refractivity contribution in [3.8, 4) is 23.0 Å². The summed E-state index contributed by atoms with van der Waals surface area (Å²) < 4.78 is 15.9. The zero-order valence-corrected chi connectivity index (χ0v) is 17.0. The minimum absolute atomic E-state index is 0.0135. The molecule has 1 saturated heterocycles. The smallest absolute Gasteiger partial charge is 0.227 e. The summed E-state index contributed by atoms with van der Waals surface area (Å²) in [5.74, 6) is 2.68. The largest absolute Gasteiger partial charge is 0.497 e. The molecule has 1 aliphatic heterocycles. The molecule has 8 nitrogen and oxygen atoms in total. The Hall–Kier alpha value is -3.55. The second-order valence-corrected chi connectivity index (χ2v) is 7.07. The molecule has 1 aliphatic rings. The highest BCUT2D eigenvalue weighted by Gasteiger charge is 2.26. The van der Waals surface area contributed by atoms with Gasteiger partial charge in [0.05, 0.1) is 26.2 Å². The number of carbonyl (C=O) groups is 1. The van der Waals surface area contributed by atoms with E-state index in [1.165, 1.54) is 0 Å². The van der Waals surface area contributed by atoms with Crippen LogP contribution in [0.5, 0.6) is 11.5 Å². The number of furan rings is 1. The van der Waals surface area contributed by atoms with Crippen molar-refractivity contribution in [2.45, 2.75) is 12.8 Å². The molecule has 0 aliphatic carbocycles. The minimum atomic E-state index is -0.0764. The van der Waals surface area contributed by atoms with Gasteiger partial charge in [0.25, 0.3) is 0 Å². The van der Waals surface area contributed by atoms with E-state index in [9.17, 15) is 4.79 Å². The fraction of sp³-hybridized carbons (Fsp3) is 0.318. The predicted molar refractivity (Wildman–Crippen MR) is 113 cm³/mol. The number of nitrogens with zero attached hydrogens (tertiary/aromatic N) is 3. The summed E-state index contributed by atoms with van der Waals surface area (Å²) in [5.41, 5.74) is 1.31. The fourth-order valence-corrected chi connectivity index (χ4v) is 3.57. The van der Waals surface area contributed by atoms with E-state index in [0.717, 1.165) is 31.7 Å². The molecule has 2 aromatic heterocycles. The first-order chi connectivity index (χ1) is 14.7. The highest BCUT2D eigenvalue weighted by molar-refractivity contribution is 5.94. The van der Waals surface area contributed by atoms with Crippen molar-refractivity contribution < 1.29 is 18.7 Å². The van der Waals surface area contributed by atoms with Crippen LogP contribution in [0.25, 0.3) is 11.5 Å². The first kappa shape index (κ1) is 19.8. The van der Waals surface area contributed by atoms with E-state index in [1.807, 2.05) is 24.3 Å². The molecule has 4 rings (SSSR count). The van der Waals surface area contributed by atoms with Crippen molar-refractivity contribution in [1.82, 2.24) is 10.2 Å². The molecular formula is C22H24N4O4. The van der Waals surface area contributed by atoms with Crippen LogP contribution in [0, 0.1) is 5.92 Å². The van der Waals surface area contributed by atoms with Crippen molar-refractivity contribution in [1.29, 1.82) is 0 Å². The Morgan fingerprint density at radius 1 is 1.10 bits per heavy atom. The molecule has 8 heteroatoms. The number of hydrogen-bond donors (Lipinski definition) is 1. The number of benzene rings is 1. The van der Waals surface area contributed by atoms with Crippen LogP contribution in [0.15, 0.2) is 53.1 Å². The van der Waals surface area contributed by atoms with Gasteiger partial charge in [-0.1, -0.05) is 0 Å². The van der Waals surface area contributed by atoms with E-state index >= 15 is 0 Å². The molecule has 0 spiro atoms. The average molecular weight is 408 g/mol. The number of aromatic nitrogens is 2. The van der Waals surface area contributed by atoms with Crippen molar-refractivity contribution in [3.63, 3.8) is 0 Å². The Morgan fingerprint density at radius 2 is 1.93 bits per heavy atom. The third-order valence-corrected chi connectivity index (χ3v) is 5.28. The van der Waals surface area contributed by atoms with Crippen LogP contribution in [-0.2, 0) is 4.79 Å². The topological polar surface area (TPSA) is 89.7 Å². The molecule has 0 bridgehead atoms. The Bertz CT molecular complexity index is 981. The number of methoxy groups -OCH3 is 2. The maximum Gasteiger partial charge on any atom is 0.227 e. The first-order valence-corrected chi connectivity index (χ1v) is 9.83. The van der Waals surface area contributed by atoms with E-state index in [0.29, 0.717) is 28.6 Å². The molecule has 156 valence electrons. The summed E-state index contributed by atoms with van der Waals surface area (Å²) >= 11 is 0. The Kier molecular flexibility index (Phi) is 5.83. The number of ether oxygens (including phenoxy) is 2. The van der Waals surface area contributed by atoms with Crippen LogP contribution in [0.3, 0.4) is 0 Å². The zero-order chi connectivity index (χ0) is 20.9. The van der Waals surface area contributed by atoms with Crippen molar-refractivity contribution in [2.75, 3.05) is 37.5 Å². The molecule has 30 heavy (non-hydrogen) atoms. The van der Waals surface area contributed by atoms with E-state index in [2.05, 4.69) is 20.4 Å². The van der Waals surface area contributed by atoms with Gasteiger partial charge in [-0.15, -0.1) is 10.2 Å². The lowest BCUT2D eigenvalue weighted by Crippen LogP contribution is -2.38. The highest BCUT2D eigenvalue weighted by Crippen LogP contribution is 2.30. The van der Waals surface area contributed by atoms with Crippen LogP contribution < -0.4 is 19.7 Å². The van der Waals surface area contributed by atoms with Crippen LogP contribution in [0.1, 0.15) is 12.8 Å². The predicted octanol–water partition coefficient (Wildman–Crippen LogP) is 3.61. The standard InChI is InChI=1S/C22H24N4O4/c1-28-16-5-7-19(29-2)18(14-16)23-22(27)15-9-11-26(12-10-15)21-8-6-17(24-25-21)20-4-3-13-30-20/h3-8,13-15H,9-12H2,1-2H3,(H,23,27). The third-order valence-electron chi connectivity index (χ3n) is 5.28. The van der Waals surface area contributed by atoms with E-state index in [-0.39, 0.29) is 11.8 Å². The molecule has 0 radical (unpaired) electrons. The molecule has 1 aromatic carbocycles. The van der Waals surface area contributed by atoms with Gasteiger partial charge in [0, 0.05) is 25.1 Å². The van der Waals surface area contributed by atoms with Gasteiger partial charge in [-0.05, 0) is 49.2 Å². The molecule has 0 saturated carbocycles. The van der Waals surface area contributed by atoms with Gasteiger partial charge in [-0.2, -0.15) is 0 Å². The molecule has 1 fully saturated rings. The van der Waals surface area contributed by atoms with Crippen LogP contribution in [-0.4, -0.2) is 43.4 Å². The van der Waals surface area contributed by atoms with Gasteiger partial charge in [0.2, 0.25) is 5.91 Å². The number of hydrogen-bond acceptors (Lipinski definition) is 7. The number of anilines is 2. The summed E-state index contributed by atoms with van der Waals surface area (Å²) in [6.45, 7) is 1.48. The Balaban J connectivity index is 1.36. The molecule has 0 unspecified atom stereocenters. The molecule has 0 atom stereocenters. The maximum atomic E-state index is 12.8. The van der Waals surface area contributed by atoms with Gasteiger partial charge in [-0.3, -0.25) is 4.79 Å². The summed E-state index contributed by atoms with van der Waals surface area (Å²) in [7, 11) is 3.17. The summed E-state index contributed by atoms with van der Waals surface area (Å²) in [5, 5.41) is 11.6. The number of rotatable bonds is 6. The van der Waals surface area contributed by atoms with Crippen molar-refractivity contribution in [2.24, 2.45) is 5.92 Å². The van der Waals surface area contributed by atoms with Crippen LogP contribution in [0.4, 0.5) is 11.5 Å². The van der Waals surface area contributed by atoms with Crippen molar-refractivity contribution in [3.05, 3.63) is 48.7 Å². The quantitative estimate of drug-likeness (QED) is 0.666. The van der Waals surface area contributed by atoms with Gasteiger partial charge in [-0.25, -0.2) is 0 Å². The third kappa shape index (κ3) is 4.22. The highest BCUT2D eigenvalue weighted by atomic mass is 16.5. The fourth-order valence-electron chi connectivity index (χ4n) is 3.57. The second-order valence-electron chi connectivity index (χ2n) is 7.07. The molecular weight excluding hydrogens is 384 g/mol. The normalized spacial score (nSPS) is 14.4. The summed E-state index contributed by atoms with van der Waals surface area (Å²) in [6, 6.07) is 12.9. The Labute approximate surface area is 174 Å². The SMILES string of the molecule is COc1ccc(OC)c(NC(=O)C2CCN(c3ccc(-c4ccco4)nn3)CC2)c1. The lowest BCUT2D eigenvalue weighted by Gasteiger charge is -2.31. The van der Waals surface area contributed by atoms with Crippen LogP contribution in [0.2, 0.25) is 0 Å². The molecule has 3 heterocycles. The molecule has 1 amide bonds. The number of nitrogens with one attached hydrogen (secondary N) is 1. The van der Waals surface area contributed by atoms with Gasteiger partial charge in [0.1, 0.15) is 17.2 Å². The Morgan fingerprint density at radius 3 is 2.57 bits per heavy atom. The van der Waals surface area contributed by atoms with E-state index < -0.39 is 0 Å². The van der Waals surface area contributed by atoms with Crippen LogP contribution >= 0.6 is 0 Å². The van der Waals surface area contributed by atoms with Gasteiger partial charge >= 0.3 is 0 Å². The summed E-state index contributed by atoms with van der Waals surface area (Å²) in [4.78, 5) is 14.9. The van der Waals surface area contributed by atoms with E-state index in [4.69, 9.17) is 13.9 Å². The maximum absolute atomic E-state index is 12.8. The lowest BCUT2D eigenvalue weighted by molar-refractivity contribution is -0.120. The monoisotopic (exact) mass is 408 g/mol. The minimum Gasteiger partial charge on any atom is -0.497 e. The van der Waals surface area contributed by atoms with Gasteiger partial charge in [0.15, 0.2) is 11.6 Å².